The first-order valence-electron chi connectivity index (χ1n) is 6.61. The quantitative estimate of drug-likeness (QED) is 0.751. The Morgan fingerprint density at radius 2 is 2.05 bits per heavy atom. The number of rotatable bonds is 8. The average molecular weight is 295 g/mol. The Labute approximate surface area is 124 Å². The molecule has 0 spiro atoms. The van der Waals surface area contributed by atoms with E-state index in [4.69, 9.17) is 14.6 Å². The average Bonchev–Trinajstić information content (AvgIpc) is 2.45. The summed E-state index contributed by atoms with van der Waals surface area (Å²) in [6, 6.07) is 5.58. The summed E-state index contributed by atoms with van der Waals surface area (Å²) in [5.74, 6) is -0.409. The summed E-state index contributed by atoms with van der Waals surface area (Å²) in [7, 11) is 3.01. The number of carboxylic acids is 1. The van der Waals surface area contributed by atoms with Crippen LogP contribution in [0.4, 0.5) is 0 Å². The van der Waals surface area contributed by atoms with Gasteiger partial charge >= 0.3 is 5.97 Å². The van der Waals surface area contributed by atoms with Gasteiger partial charge in [0, 0.05) is 13.7 Å². The van der Waals surface area contributed by atoms with Gasteiger partial charge in [-0.15, -0.1) is 0 Å². The van der Waals surface area contributed by atoms with Gasteiger partial charge in [0.2, 0.25) is 5.91 Å². The van der Waals surface area contributed by atoms with Crippen molar-refractivity contribution >= 4 is 11.9 Å². The van der Waals surface area contributed by atoms with E-state index in [2.05, 4.69) is 5.32 Å². The molecule has 0 aromatic heterocycles. The maximum Gasteiger partial charge on any atom is 0.306 e. The number of benzene rings is 1. The minimum absolute atomic E-state index is 0.144. The summed E-state index contributed by atoms with van der Waals surface area (Å²) in [6.07, 6.45) is -0.464. The molecule has 0 aliphatic rings. The highest BCUT2D eigenvalue weighted by Crippen LogP contribution is 2.19. The number of nitrogens with one attached hydrogen (secondary N) is 1. The molecule has 1 rings (SSSR count). The lowest BCUT2D eigenvalue weighted by Crippen LogP contribution is -2.35. The van der Waals surface area contributed by atoms with Gasteiger partial charge in [0.1, 0.15) is 5.75 Å². The van der Waals surface area contributed by atoms with Gasteiger partial charge in [0.05, 0.1) is 26.1 Å². The molecule has 2 N–H and O–H groups in total. The fraction of sp³-hybridized carbons (Fsp3) is 0.467. The van der Waals surface area contributed by atoms with Crippen LogP contribution in [0, 0.1) is 6.92 Å². The first-order valence-corrected chi connectivity index (χ1v) is 6.61. The number of hydrogen-bond donors (Lipinski definition) is 2. The van der Waals surface area contributed by atoms with E-state index < -0.39 is 12.1 Å². The Balaban J connectivity index is 2.51. The van der Waals surface area contributed by atoms with Crippen molar-refractivity contribution in [3.8, 4) is 5.75 Å². The molecule has 1 aromatic carbocycles. The third kappa shape index (κ3) is 5.83. The van der Waals surface area contributed by atoms with E-state index in [9.17, 15) is 9.59 Å². The van der Waals surface area contributed by atoms with Gasteiger partial charge in [-0.25, -0.2) is 0 Å². The number of carbonyl (C=O) groups is 2. The summed E-state index contributed by atoms with van der Waals surface area (Å²) >= 11 is 0. The van der Waals surface area contributed by atoms with Crippen molar-refractivity contribution in [3.63, 3.8) is 0 Å². The number of carboxylic acid groups (broad SMARTS) is 1. The van der Waals surface area contributed by atoms with Crippen molar-refractivity contribution in [1.82, 2.24) is 5.32 Å². The zero-order chi connectivity index (χ0) is 15.8. The largest absolute Gasteiger partial charge is 0.496 e. The van der Waals surface area contributed by atoms with E-state index in [0.717, 1.165) is 16.9 Å². The van der Waals surface area contributed by atoms with Gasteiger partial charge in [0.25, 0.3) is 0 Å². The smallest absolute Gasteiger partial charge is 0.306 e. The van der Waals surface area contributed by atoms with Crippen molar-refractivity contribution in [2.24, 2.45) is 0 Å². The van der Waals surface area contributed by atoms with Crippen molar-refractivity contribution in [3.05, 3.63) is 29.3 Å². The zero-order valence-electron chi connectivity index (χ0n) is 12.5. The van der Waals surface area contributed by atoms with Crippen molar-refractivity contribution in [2.75, 3.05) is 20.8 Å². The van der Waals surface area contributed by atoms with E-state index in [1.165, 1.54) is 7.11 Å². The maximum atomic E-state index is 11.8. The number of methoxy groups -OCH3 is 2. The molecule has 6 nitrogen and oxygen atoms in total. The van der Waals surface area contributed by atoms with Crippen LogP contribution in [-0.4, -0.2) is 43.9 Å². The van der Waals surface area contributed by atoms with Crippen LogP contribution in [0.15, 0.2) is 18.2 Å². The Kier molecular flexibility index (Phi) is 6.68. The first kappa shape index (κ1) is 17.0. The Hall–Kier alpha value is -2.08. The second-order valence-corrected chi connectivity index (χ2v) is 4.74. The number of hydrogen-bond acceptors (Lipinski definition) is 4. The molecule has 116 valence electrons. The van der Waals surface area contributed by atoms with Crippen LogP contribution < -0.4 is 10.1 Å². The summed E-state index contributed by atoms with van der Waals surface area (Å²) in [4.78, 5) is 22.4. The molecule has 0 heterocycles. The van der Waals surface area contributed by atoms with E-state index in [-0.39, 0.29) is 25.3 Å². The molecular formula is C15H21NO5. The molecule has 0 aliphatic heterocycles. The minimum atomic E-state index is -0.959. The van der Waals surface area contributed by atoms with Gasteiger partial charge in [-0.1, -0.05) is 12.1 Å². The fourth-order valence-corrected chi connectivity index (χ4v) is 1.88. The van der Waals surface area contributed by atoms with E-state index in [1.54, 1.807) is 7.11 Å². The molecule has 0 aliphatic carbocycles. The normalized spacial score (nSPS) is 11.8. The lowest BCUT2D eigenvalue weighted by atomic mass is 10.1. The lowest BCUT2D eigenvalue weighted by Gasteiger charge is -2.14. The molecule has 0 bridgehead atoms. The molecule has 1 unspecified atom stereocenters. The van der Waals surface area contributed by atoms with Gasteiger partial charge in [-0.2, -0.15) is 0 Å². The summed E-state index contributed by atoms with van der Waals surface area (Å²) in [6.45, 7) is 2.10. The number of ether oxygens (including phenoxy) is 2. The molecule has 0 radical (unpaired) electrons. The zero-order valence-corrected chi connectivity index (χ0v) is 12.5. The van der Waals surface area contributed by atoms with E-state index >= 15 is 0 Å². The molecular weight excluding hydrogens is 274 g/mol. The summed E-state index contributed by atoms with van der Waals surface area (Å²) < 4.78 is 10.2. The van der Waals surface area contributed by atoms with Crippen LogP contribution in [-0.2, 0) is 20.7 Å². The van der Waals surface area contributed by atoms with Crippen molar-refractivity contribution < 1.29 is 24.2 Å². The summed E-state index contributed by atoms with van der Waals surface area (Å²) in [5.41, 5.74) is 1.84. The molecule has 1 amide bonds. The molecule has 21 heavy (non-hydrogen) atoms. The molecule has 0 saturated heterocycles. The van der Waals surface area contributed by atoms with Gasteiger partial charge in [0.15, 0.2) is 0 Å². The third-order valence-electron chi connectivity index (χ3n) is 3.10. The van der Waals surface area contributed by atoms with Gasteiger partial charge in [-0.05, 0) is 24.1 Å². The third-order valence-corrected chi connectivity index (χ3v) is 3.10. The van der Waals surface area contributed by atoms with Crippen LogP contribution in [0.25, 0.3) is 0 Å². The van der Waals surface area contributed by atoms with Crippen LogP contribution in [0.5, 0.6) is 5.75 Å². The highest BCUT2D eigenvalue weighted by atomic mass is 16.5. The highest BCUT2D eigenvalue weighted by Gasteiger charge is 2.14. The summed E-state index contributed by atoms with van der Waals surface area (Å²) in [5, 5.41) is 11.4. The molecule has 1 atom stereocenters. The van der Waals surface area contributed by atoms with Crippen molar-refractivity contribution in [1.29, 1.82) is 0 Å². The Morgan fingerprint density at radius 1 is 1.33 bits per heavy atom. The predicted molar refractivity (Wildman–Crippen MR) is 77.5 cm³/mol. The predicted octanol–water partition coefficient (Wildman–Crippen LogP) is 1.15. The molecule has 6 heteroatoms. The number of carbonyl (C=O) groups excluding carboxylic acids is 1. The maximum absolute atomic E-state index is 11.8. The Morgan fingerprint density at radius 3 is 2.62 bits per heavy atom. The Bertz CT molecular complexity index is 501. The van der Waals surface area contributed by atoms with E-state index in [0.29, 0.717) is 0 Å². The topological polar surface area (TPSA) is 84.9 Å². The fourth-order valence-electron chi connectivity index (χ4n) is 1.88. The van der Waals surface area contributed by atoms with Crippen molar-refractivity contribution in [2.45, 2.75) is 25.9 Å². The van der Waals surface area contributed by atoms with Gasteiger partial charge < -0.3 is 19.9 Å². The molecule has 0 saturated carbocycles. The standard InChI is InChI=1S/C15H21NO5/c1-10-4-5-11(6-13(10)21-3)7-14(17)16-9-12(20-2)8-15(18)19/h4-6,12H,7-9H2,1-3H3,(H,16,17)(H,18,19). The first-order chi connectivity index (χ1) is 9.96. The SMILES string of the molecule is COc1cc(CC(=O)NCC(CC(=O)O)OC)ccc1C. The van der Waals surface area contributed by atoms with Crippen LogP contribution in [0.3, 0.4) is 0 Å². The second-order valence-electron chi connectivity index (χ2n) is 4.74. The van der Waals surface area contributed by atoms with Crippen LogP contribution in [0.2, 0.25) is 0 Å². The lowest BCUT2D eigenvalue weighted by molar-refractivity contribution is -0.140. The van der Waals surface area contributed by atoms with E-state index in [1.807, 2.05) is 25.1 Å². The monoisotopic (exact) mass is 295 g/mol. The number of aliphatic carboxylic acids is 1. The highest BCUT2D eigenvalue weighted by molar-refractivity contribution is 5.78. The van der Waals surface area contributed by atoms with Crippen LogP contribution in [0.1, 0.15) is 17.5 Å². The number of amides is 1. The minimum Gasteiger partial charge on any atom is -0.496 e. The molecule has 1 aromatic rings. The second kappa shape index (κ2) is 8.26. The number of aryl methyl sites for hydroxylation is 1. The van der Waals surface area contributed by atoms with Gasteiger partial charge in [-0.3, -0.25) is 9.59 Å². The molecule has 0 fully saturated rings. The van der Waals surface area contributed by atoms with Crippen LogP contribution >= 0.6 is 0 Å².